The number of aliphatic carboxylic acids is 1. The maximum Gasteiger partial charge on any atom is 0.328 e. The first kappa shape index (κ1) is 14.4. The van der Waals surface area contributed by atoms with Gasteiger partial charge < -0.3 is 10.4 Å². The zero-order valence-electron chi connectivity index (χ0n) is 9.53. The van der Waals surface area contributed by atoms with Crippen LogP contribution in [-0.4, -0.2) is 21.5 Å². The zero-order valence-corrected chi connectivity index (χ0v) is 11.1. The lowest BCUT2D eigenvalue weighted by Crippen LogP contribution is -2.40. The molecule has 0 unspecified atom stereocenters. The number of hydrogen-bond acceptors (Lipinski definition) is 4. The second kappa shape index (κ2) is 4.89. The zero-order chi connectivity index (χ0) is 14.1. The fraction of sp³-hybridized carbons (Fsp3) is 0.300. The molecule has 0 aromatic heterocycles. The lowest BCUT2D eigenvalue weighted by molar-refractivity contribution is -0.384. The summed E-state index contributed by atoms with van der Waals surface area (Å²) in [7, 11) is 0. The maximum atomic E-state index is 13.3. The van der Waals surface area contributed by atoms with E-state index in [1.54, 1.807) is 0 Å². The Bertz CT molecular complexity index is 519. The molecule has 0 heterocycles. The lowest BCUT2D eigenvalue weighted by atomic mass is 10.1. The minimum Gasteiger partial charge on any atom is -0.480 e. The van der Waals surface area contributed by atoms with Crippen molar-refractivity contribution in [3.8, 4) is 0 Å². The van der Waals surface area contributed by atoms with Crippen LogP contribution in [0.2, 0.25) is 0 Å². The monoisotopic (exact) mass is 320 g/mol. The van der Waals surface area contributed by atoms with E-state index in [-0.39, 0.29) is 10.2 Å². The van der Waals surface area contributed by atoms with E-state index in [9.17, 15) is 19.3 Å². The average molecular weight is 321 g/mol. The molecule has 0 aliphatic rings. The summed E-state index contributed by atoms with van der Waals surface area (Å²) in [5.74, 6) is -1.93. The molecule has 0 saturated carbocycles. The van der Waals surface area contributed by atoms with Gasteiger partial charge in [0.1, 0.15) is 17.0 Å². The van der Waals surface area contributed by atoms with Gasteiger partial charge in [0.05, 0.1) is 9.40 Å². The van der Waals surface area contributed by atoms with Crippen LogP contribution < -0.4 is 5.32 Å². The van der Waals surface area contributed by atoms with Gasteiger partial charge in [0.25, 0.3) is 5.69 Å². The normalized spacial score (nSPS) is 11.1. The summed E-state index contributed by atoms with van der Waals surface area (Å²) < 4.78 is 13.3. The van der Waals surface area contributed by atoms with Crippen LogP contribution in [0.1, 0.15) is 13.8 Å². The Morgan fingerprint density at radius 3 is 2.56 bits per heavy atom. The van der Waals surface area contributed by atoms with E-state index in [1.807, 2.05) is 0 Å². The van der Waals surface area contributed by atoms with E-state index < -0.39 is 27.9 Å². The van der Waals surface area contributed by atoms with Gasteiger partial charge in [-0.3, -0.25) is 10.1 Å². The third-order valence-electron chi connectivity index (χ3n) is 2.22. The molecule has 1 aromatic rings. The molecule has 18 heavy (non-hydrogen) atoms. The van der Waals surface area contributed by atoms with Gasteiger partial charge in [-0.15, -0.1) is 0 Å². The SMILES string of the molecule is CC(C)(Nc1cc(F)c(Br)cc1[N+](=O)[O-])C(=O)O. The molecular weight excluding hydrogens is 311 g/mol. The van der Waals surface area contributed by atoms with Crippen LogP contribution in [0.3, 0.4) is 0 Å². The van der Waals surface area contributed by atoms with Crippen molar-refractivity contribution < 1.29 is 19.2 Å². The van der Waals surface area contributed by atoms with Crippen molar-refractivity contribution in [1.29, 1.82) is 0 Å². The number of nitrogens with one attached hydrogen (secondary N) is 1. The van der Waals surface area contributed by atoms with E-state index in [4.69, 9.17) is 5.11 Å². The minimum absolute atomic E-state index is 0.0621. The van der Waals surface area contributed by atoms with Crippen LogP contribution in [0, 0.1) is 15.9 Å². The van der Waals surface area contributed by atoms with Crippen molar-refractivity contribution >= 4 is 33.3 Å². The molecule has 0 fully saturated rings. The molecule has 8 heteroatoms. The number of anilines is 1. The predicted molar refractivity (Wildman–Crippen MR) is 66.1 cm³/mol. The van der Waals surface area contributed by atoms with Gasteiger partial charge in [0.2, 0.25) is 0 Å². The van der Waals surface area contributed by atoms with Crippen LogP contribution in [0.15, 0.2) is 16.6 Å². The fourth-order valence-electron chi connectivity index (χ4n) is 1.18. The van der Waals surface area contributed by atoms with E-state index in [0.29, 0.717) is 0 Å². The summed E-state index contributed by atoms with van der Waals surface area (Å²) in [5, 5.41) is 22.2. The van der Waals surface area contributed by atoms with Crippen LogP contribution in [-0.2, 0) is 4.79 Å². The highest BCUT2D eigenvalue weighted by Crippen LogP contribution is 2.32. The Hall–Kier alpha value is -1.70. The van der Waals surface area contributed by atoms with Gasteiger partial charge in [-0.25, -0.2) is 9.18 Å². The molecule has 1 rings (SSSR count). The quantitative estimate of drug-likeness (QED) is 0.657. The summed E-state index contributed by atoms with van der Waals surface area (Å²) in [6.45, 7) is 2.64. The number of nitro benzene ring substituents is 1. The summed E-state index contributed by atoms with van der Waals surface area (Å²) >= 11 is 2.83. The highest BCUT2D eigenvalue weighted by Gasteiger charge is 2.30. The minimum atomic E-state index is -1.45. The van der Waals surface area contributed by atoms with Gasteiger partial charge in [-0.1, -0.05) is 0 Å². The molecule has 0 saturated heterocycles. The molecule has 0 atom stereocenters. The topological polar surface area (TPSA) is 92.5 Å². The summed E-state index contributed by atoms with van der Waals surface area (Å²) in [5.41, 5.74) is -2.05. The molecule has 0 radical (unpaired) electrons. The number of carboxylic acid groups (broad SMARTS) is 1. The number of carbonyl (C=O) groups is 1. The molecule has 0 spiro atoms. The highest BCUT2D eigenvalue weighted by molar-refractivity contribution is 9.10. The number of halogens is 2. The Kier molecular flexibility index (Phi) is 3.90. The first-order valence-electron chi connectivity index (χ1n) is 4.80. The van der Waals surface area contributed by atoms with Crippen molar-refractivity contribution in [2.45, 2.75) is 19.4 Å². The molecule has 0 aliphatic carbocycles. The molecule has 0 aliphatic heterocycles. The Labute approximate surface area is 110 Å². The second-order valence-corrected chi connectivity index (χ2v) is 4.95. The molecule has 2 N–H and O–H groups in total. The van der Waals surface area contributed by atoms with Crippen molar-refractivity contribution in [2.24, 2.45) is 0 Å². The van der Waals surface area contributed by atoms with Crippen molar-refractivity contribution in [1.82, 2.24) is 0 Å². The summed E-state index contributed by atoms with van der Waals surface area (Å²) in [6, 6.07) is 1.86. The van der Waals surface area contributed by atoms with E-state index in [2.05, 4.69) is 21.2 Å². The van der Waals surface area contributed by atoms with Crippen LogP contribution in [0.25, 0.3) is 0 Å². The first-order valence-corrected chi connectivity index (χ1v) is 5.59. The molecule has 0 amide bonds. The number of rotatable bonds is 4. The third kappa shape index (κ3) is 2.95. The Morgan fingerprint density at radius 2 is 2.11 bits per heavy atom. The number of carboxylic acids is 1. The van der Waals surface area contributed by atoms with E-state index >= 15 is 0 Å². The van der Waals surface area contributed by atoms with Crippen molar-refractivity contribution in [3.63, 3.8) is 0 Å². The first-order chi connectivity index (χ1) is 8.15. The number of nitro groups is 1. The Balaban J connectivity index is 3.27. The highest BCUT2D eigenvalue weighted by atomic mass is 79.9. The Morgan fingerprint density at radius 1 is 1.56 bits per heavy atom. The van der Waals surface area contributed by atoms with E-state index in [1.165, 1.54) is 13.8 Å². The standard InChI is InChI=1S/C10H10BrFN2O4/c1-10(2,9(15)16)13-7-4-6(12)5(11)3-8(7)14(17)18/h3-4,13H,1-2H3,(H,15,16). The van der Waals surface area contributed by atoms with Gasteiger partial charge in [-0.2, -0.15) is 0 Å². The molecule has 1 aromatic carbocycles. The fourth-order valence-corrected chi connectivity index (χ4v) is 1.51. The van der Waals surface area contributed by atoms with Crippen LogP contribution >= 0.6 is 15.9 Å². The van der Waals surface area contributed by atoms with Crippen LogP contribution in [0.4, 0.5) is 15.8 Å². The van der Waals surface area contributed by atoms with Gasteiger partial charge >= 0.3 is 5.97 Å². The maximum absolute atomic E-state index is 13.3. The third-order valence-corrected chi connectivity index (χ3v) is 2.82. The second-order valence-electron chi connectivity index (χ2n) is 4.10. The smallest absolute Gasteiger partial charge is 0.328 e. The van der Waals surface area contributed by atoms with Crippen LogP contribution in [0.5, 0.6) is 0 Å². The largest absolute Gasteiger partial charge is 0.480 e. The van der Waals surface area contributed by atoms with Gasteiger partial charge in [-0.05, 0) is 29.8 Å². The average Bonchev–Trinajstić information content (AvgIpc) is 2.22. The molecular formula is C10H10BrFN2O4. The number of benzene rings is 1. The van der Waals surface area contributed by atoms with Crippen molar-refractivity contribution in [2.75, 3.05) is 5.32 Å². The lowest BCUT2D eigenvalue weighted by Gasteiger charge is -2.22. The predicted octanol–water partition coefficient (Wildman–Crippen LogP) is 2.77. The van der Waals surface area contributed by atoms with Crippen molar-refractivity contribution in [3.05, 3.63) is 32.5 Å². The van der Waals surface area contributed by atoms with Gasteiger partial charge in [0, 0.05) is 12.1 Å². The molecule has 6 nitrogen and oxygen atoms in total. The number of nitrogens with zero attached hydrogens (tertiary/aromatic N) is 1. The van der Waals surface area contributed by atoms with E-state index in [0.717, 1.165) is 12.1 Å². The summed E-state index contributed by atoms with van der Waals surface area (Å²) in [6.07, 6.45) is 0. The number of hydrogen-bond donors (Lipinski definition) is 2. The summed E-state index contributed by atoms with van der Waals surface area (Å²) in [4.78, 5) is 21.0. The molecule has 0 bridgehead atoms. The van der Waals surface area contributed by atoms with Gasteiger partial charge in [0.15, 0.2) is 0 Å². The molecule has 98 valence electrons.